The summed E-state index contributed by atoms with van der Waals surface area (Å²) in [5.41, 5.74) is 5.16. The molecular formula is C24H20BrN5O2S. The first-order valence-corrected chi connectivity index (χ1v) is 11.8. The quantitative estimate of drug-likeness (QED) is 0.201. The Bertz CT molecular complexity index is 1260. The van der Waals surface area contributed by atoms with Crippen LogP contribution in [0, 0.1) is 0 Å². The monoisotopic (exact) mass is 521 g/mol. The van der Waals surface area contributed by atoms with Gasteiger partial charge in [0.2, 0.25) is 0 Å². The molecule has 0 fully saturated rings. The summed E-state index contributed by atoms with van der Waals surface area (Å²) in [5, 5.41) is 13.4. The highest BCUT2D eigenvalue weighted by Gasteiger charge is 2.17. The van der Waals surface area contributed by atoms with Crippen molar-refractivity contribution in [3.8, 4) is 22.8 Å². The standard InChI is InChI=1S/C24H20BrN5O2S/c1-32-21-10-6-5-9-18(21)15-26-27-22(31)16-33-24-29-28-23(17-7-3-2-4-8-17)30(24)20-13-11-19(25)12-14-20/h2-15H,16H2,1H3,(H,27,31)/b26-15-. The lowest BCUT2D eigenvalue weighted by molar-refractivity contribution is -0.118. The average Bonchev–Trinajstić information content (AvgIpc) is 3.28. The number of hydrazone groups is 1. The largest absolute Gasteiger partial charge is 0.496 e. The molecule has 166 valence electrons. The van der Waals surface area contributed by atoms with E-state index in [1.807, 2.05) is 83.4 Å². The SMILES string of the molecule is COc1ccccc1/C=N\NC(=O)CSc1nnc(-c2ccccc2)n1-c1ccc(Br)cc1. The van der Waals surface area contributed by atoms with Crippen LogP contribution in [0.3, 0.4) is 0 Å². The number of rotatable bonds is 8. The Morgan fingerprint density at radius 1 is 1.06 bits per heavy atom. The highest BCUT2D eigenvalue weighted by atomic mass is 79.9. The fraction of sp³-hybridized carbons (Fsp3) is 0.0833. The van der Waals surface area contributed by atoms with Crippen LogP contribution in [0.5, 0.6) is 5.75 Å². The number of carbonyl (C=O) groups excluding carboxylic acids is 1. The molecule has 4 aromatic rings. The van der Waals surface area contributed by atoms with Crippen LogP contribution in [-0.2, 0) is 4.79 Å². The second-order valence-electron chi connectivity index (χ2n) is 6.81. The molecule has 0 saturated heterocycles. The van der Waals surface area contributed by atoms with Gasteiger partial charge in [-0.05, 0) is 36.4 Å². The molecule has 0 radical (unpaired) electrons. The van der Waals surface area contributed by atoms with Crippen LogP contribution in [0.1, 0.15) is 5.56 Å². The summed E-state index contributed by atoms with van der Waals surface area (Å²) < 4.78 is 8.20. The lowest BCUT2D eigenvalue weighted by Gasteiger charge is -2.10. The molecule has 0 saturated carbocycles. The van der Waals surface area contributed by atoms with Gasteiger partial charge in [-0.3, -0.25) is 9.36 Å². The van der Waals surface area contributed by atoms with Gasteiger partial charge in [0.15, 0.2) is 11.0 Å². The van der Waals surface area contributed by atoms with E-state index in [1.54, 1.807) is 13.3 Å². The molecule has 0 unspecified atom stereocenters. The average molecular weight is 522 g/mol. The summed E-state index contributed by atoms with van der Waals surface area (Å²) in [6.07, 6.45) is 1.55. The van der Waals surface area contributed by atoms with E-state index in [9.17, 15) is 4.79 Å². The minimum atomic E-state index is -0.252. The maximum atomic E-state index is 12.4. The number of benzene rings is 3. The van der Waals surface area contributed by atoms with Gasteiger partial charge in [-0.25, -0.2) is 5.43 Å². The minimum absolute atomic E-state index is 0.132. The summed E-state index contributed by atoms with van der Waals surface area (Å²) in [6, 6.07) is 25.1. The van der Waals surface area contributed by atoms with Crippen molar-refractivity contribution in [1.82, 2.24) is 20.2 Å². The number of amides is 1. The summed E-state index contributed by atoms with van der Waals surface area (Å²) in [5.74, 6) is 1.26. The van der Waals surface area contributed by atoms with E-state index in [2.05, 4.69) is 36.7 Å². The Kier molecular flexibility index (Phi) is 7.54. The Hall–Kier alpha value is -3.43. The number of para-hydroxylation sites is 1. The number of nitrogens with zero attached hydrogens (tertiary/aromatic N) is 4. The highest BCUT2D eigenvalue weighted by Crippen LogP contribution is 2.28. The van der Waals surface area contributed by atoms with Crippen LogP contribution in [-0.4, -0.2) is 39.7 Å². The summed E-state index contributed by atoms with van der Waals surface area (Å²) in [6.45, 7) is 0. The van der Waals surface area contributed by atoms with E-state index in [0.717, 1.165) is 21.3 Å². The smallest absolute Gasteiger partial charge is 0.250 e. The minimum Gasteiger partial charge on any atom is -0.496 e. The molecule has 1 heterocycles. The molecule has 0 spiro atoms. The zero-order valence-corrected chi connectivity index (χ0v) is 20.1. The molecule has 9 heteroatoms. The van der Waals surface area contributed by atoms with Gasteiger partial charge in [-0.15, -0.1) is 10.2 Å². The van der Waals surface area contributed by atoms with E-state index in [0.29, 0.717) is 16.7 Å². The van der Waals surface area contributed by atoms with Gasteiger partial charge in [-0.2, -0.15) is 5.10 Å². The van der Waals surface area contributed by atoms with Gasteiger partial charge in [-0.1, -0.05) is 70.2 Å². The van der Waals surface area contributed by atoms with Gasteiger partial charge in [0.25, 0.3) is 5.91 Å². The third kappa shape index (κ3) is 5.68. The van der Waals surface area contributed by atoms with Crippen molar-refractivity contribution in [2.24, 2.45) is 5.10 Å². The van der Waals surface area contributed by atoms with Crippen LogP contribution >= 0.6 is 27.7 Å². The summed E-state index contributed by atoms with van der Waals surface area (Å²) in [4.78, 5) is 12.4. The van der Waals surface area contributed by atoms with Crippen molar-refractivity contribution in [3.63, 3.8) is 0 Å². The molecule has 4 rings (SSSR count). The third-order valence-corrected chi connectivity index (χ3v) is 6.07. The Labute approximate surface area is 204 Å². The van der Waals surface area contributed by atoms with Crippen LogP contribution in [0.15, 0.2) is 93.6 Å². The van der Waals surface area contributed by atoms with E-state index in [4.69, 9.17) is 4.74 Å². The van der Waals surface area contributed by atoms with Gasteiger partial charge < -0.3 is 4.74 Å². The zero-order chi connectivity index (χ0) is 23.0. The van der Waals surface area contributed by atoms with Crippen LogP contribution in [0.4, 0.5) is 0 Å². The molecule has 33 heavy (non-hydrogen) atoms. The van der Waals surface area contributed by atoms with E-state index >= 15 is 0 Å². The van der Waals surface area contributed by atoms with Gasteiger partial charge in [0, 0.05) is 21.3 Å². The molecule has 1 N–H and O–H groups in total. The van der Waals surface area contributed by atoms with Crippen LogP contribution < -0.4 is 10.2 Å². The molecule has 3 aromatic carbocycles. The van der Waals surface area contributed by atoms with Gasteiger partial charge in [0.1, 0.15) is 5.75 Å². The number of aromatic nitrogens is 3. The van der Waals surface area contributed by atoms with Crippen molar-refractivity contribution >= 4 is 39.8 Å². The highest BCUT2D eigenvalue weighted by molar-refractivity contribution is 9.10. The number of nitrogens with one attached hydrogen (secondary N) is 1. The molecule has 0 aliphatic heterocycles. The first-order valence-electron chi connectivity index (χ1n) is 10.00. The molecule has 1 aromatic heterocycles. The van der Waals surface area contributed by atoms with Crippen molar-refractivity contribution < 1.29 is 9.53 Å². The number of hydrogen-bond donors (Lipinski definition) is 1. The molecule has 0 aliphatic carbocycles. The number of carbonyl (C=O) groups is 1. The number of thioether (sulfide) groups is 1. The van der Waals surface area contributed by atoms with E-state index in [1.165, 1.54) is 11.8 Å². The number of methoxy groups -OCH3 is 1. The zero-order valence-electron chi connectivity index (χ0n) is 17.7. The lowest BCUT2D eigenvalue weighted by Crippen LogP contribution is -2.20. The first kappa shape index (κ1) is 22.8. The van der Waals surface area contributed by atoms with Crippen molar-refractivity contribution in [1.29, 1.82) is 0 Å². The van der Waals surface area contributed by atoms with Crippen molar-refractivity contribution in [2.45, 2.75) is 5.16 Å². The van der Waals surface area contributed by atoms with Gasteiger partial charge in [0.05, 0.1) is 19.1 Å². The number of hydrogen-bond acceptors (Lipinski definition) is 6. The maximum absolute atomic E-state index is 12.4. The maximum Gasteiger partial charge on any atom is 0.250 e. The topological polar surface area (TPSA) is 81.4 Å². The fourth-order valence-electron chi connectivity index (χ4n) is 3.07. The molecular weight excluding hydrogens is 502 g/mol. The summed E-state index contributed by atoms with van der Waals surface area (Å²) in [7, 11) is 1.59. The van der Waals surface area contributed by atoms with Crippen molar-refractivity contribution in [3.05, 3.63) is 88.9 Å². The third-order valence-electron chi connectivity index (χ3n) is 4.61. The second-order valence-corrected chi connectivity index (χ2v) is 8.67. The predicted octanol–water partition coefficient (Wildman–Crippen LogP) is 4.95. The lowest BCUT2D eigenvalue weighted by atomic mass is 10.2. The molecule has 7 nitrogen and oxygen atoms in total. The molecule has 0 aliphatic rings. The normalized spacial score (nSPS) is 11.0. The fourth-order valence-corrected chi connectivity index (χ4v) is 4.08. The predicted molar refractivity (Wildman–Crippen MR) is 134 cm³/mol. The van der Waals surface area contributed by atoms with Crippen LogP contribution in [0.2, 0.25) is 0 Å². The number of ether oxygens (including phenoxy) is 1. The molecule has 1 amide bonds. The Morgan fingerprint density at radius 2 is 1.79 bits per heavy atom. The van der Waals surface area contributed by atoms with E-state index < -0.39 is 0 Å². The van der Waals surface area contributed by atoms with Crippen molar-refractivity contribution in [2.75, 3.05) is 12.9 Å². The Balaban J connectivity index is 1.50. The van der Waals surface area contributed by atoms with Crippen LogP contribution in [0.25, 0.3) is 17.1 Å². The second kappa shape index (κ2) is 10.9. The van der Waals surface area contributed by atoms with Gasteiger partial charge >= 0.3 is 0 Å². The van der Waals surface area contributed by atoms with E-state index in [-0.39, 0.29) is 11.7 Å². The molecule has 0 bridgehead atoms. The number of halogens is 1. The summed E-state index contributed by atoms with van der Waals surface area (Å²) >= 11 is 4.76. The molecule has 0 atom stereocenters. The first-order chi connectivity index (χ1) is 16.2. The Morgan fingerprint density at radius 3 is 2.55 bits per heavy atom.